The number of nitrogens with zero attached hydrogens (tertiary/aromatic N) is 1. The molecule has 0 aliphatic rings. The number of hydrogen-bond acceptors (Lipinski definition) is 1. The van der Waals surface area contributed by atoms with Crippen LogP contribution in [0.5, 0.6) is 0 Å². The van der Waals surface area contributed by atoms with E-state index < -0.39 is 0 Å². The summed E-state index contributed by atoms with van der Waals surface area (Å²) in [4.78, 5) is 0. The van der Waals surface area contributed by atoms with E-state index in [9.17, 15) is 0 Å². The highest BCUT2D eigenvalue weighted by atomic mass is 14.3. The van der Waals surface area contributed by atoms with Crippen LogP contribution in [0.4, 0.5) is 0 Å². The van der Waals surface area contributed by atoms with Gasteiger partial charge in [-0.3, -0.25) is 0 Å². The van der Waals surface area contributed by atoms with Crippen molar-refractivity contribution in [3.8, 4) is 6.07 Å². The summed E-state index contributed by atoms with van der Waals surface area (Å²) in [6.45, 7) is 6.83. The van der Waals surface area contributed by atoms with Crippen LogP contribution >= 0.6 is 0 Å². The molecule has 0 aromatic carbocycles. The highest BCUT2D eigenvalue weighted by Gasteiger charge is 2.22. The molecule has 0 N–H and O–H groups in total. The Balaban J connectivity index is 3.82. The summed E-state index contributed by atoms with van der Waals surface area (Å²) in [5, 5.41) is 9.00. The minimum atomic E-state index is 0.286. The van der Waals surface area contributed by atoms with Crippen LogP contribution in [-0.4, -0.2) is 0 Å². The molecule has 0 heterocycles. The lowest BCUT2D eigenvalue weighted by Gasteiger charge is -2.27. The largest absolute Gasteiger partial charge is 0.198 e. The first-order valence-electron chi connectivity index (χ1n) is 8.05. The fourth-order valence-electron chi connectivity index (χ4n) is 2.63. The Bertz CT molecular complexity index is 216. The van der Waals surface area contributed by atoms with Gasteiger partial charge in [0.05, 0.1) is 6.07 Å². The minimum absolute atomic E-state index is 0.286. The van der Waals surface area contributed by atoms with Gasteiger partial charge in [-0.25, -0.2) is 0 Å². The van der Waals surface area contributed by atoms with Gasteiger partial charge in [0.15, 0.2) is 0 Å². The first kappa shape index (κ1) is 17.5. The van der Waals surface area contributed by atoms with Gasteiger partial charge >= 0.3 is 0 Å². The van der Waals surface area contributed by atoms with Crippen molar-refractivity contribution in [3.63, 3.8) is 0 Å². The molecule has 0 aromatic heterocycles. The Morgan fingerprint density at radius 1 is 0.778 bits per heavy atom. The molecule has 0 aliphatic heterocycles. The first-order chi connectivity index (χ1) is 8.68. The third-order valence-electron chi connectivity index (χ3n) is 4.02. The zero-order valence-electron chi connectivity index (χ0n) is 12.9. The molecule has 0 amide bonds. The highest BCUT2D eigenvalue weighted by Crippen LogP contribution is 2.34. The Kier molecular flexibility index (Phi) is 11.2. The number of rotatable bonds is 12. The van der Waals surface area contributed by atoms with Crippen molar-refractivity contribution >= 4 is 0 Å². The van der Waals surface area contributed by atoms with Gasteiger partial charge < -0.3 is 0 Å². The quantitative estimate of drug-likeness (QED) is 0.377. The Morgan fingerprint density at radius 2 is 1.22 bits per heavy atom. The predicted molar refractivity (Wildman–Crippen MR) is 80.5 cm³/mol. The predicted octanol–water partition coefficient (Wildman–Crippen LogP) is 6.24. The van der Waals surface area contributed by atoms with Crippen LogP contribution in [-0.2, 0) is 0 Å². The molecule has 0 aliphatic carbocycles. The lowest BCUT2D eigenvalue weighted by molar-refractivity contribution is 0.257. The molecule has 0 aromatic rings. The Labute approximate surface area is 115 Å². The van der Waals surface area contributed by atoms with E-state index in [1.807, 2.05) is 0 Å². The van der Waals surface area contributed by atoms with Crippen molar-refractivity contribution in [2.24, 2.45) is 5.41 Å². The maximum atomic E-state index is 9.00. The molecule has 0 spiro atoms. The van der Waals surface area contributed by atoms with E-state index >= 15 is 0 Å². The highest BCUT2D eigenvalue weighted by molar-refractivity contribution is 4.85. The van der Waals surface area contributed by atoms with E-state index in [0.717, 1.165) is 6.42 Å². The van der Waals surface area contributed by atoms with Crippen LogP contribution in [0.1, 0.15) is 97.8 Å². The average molecular weight is 251 g/mol. The monoisotopic (exact) mass is 251 g/mol. The molecule has 0 fully saturated rings. The van der Waals surface area contributed by atoms with Crippen LogP contribution in [0.25, 0.3) is 0 Å². The second-order valence-electron chi connectivity index (χ2n) is 6.12. The third-order valence-corrected chi connectivity index (χ3v) is 4.02. The second-order valence-corrected chi connectivity index (χ2v) is 6.12. The fourth-order valence-corrected chi connectivity index (χ4v) is 2.63. The van der Waals surface area contributed by atoms with Crippen LogP contribution in [0.15, 0.2) is 0 Å². The SMILES string of the molecule is CCCCCCCC(C)(CC#N)CCCCCC. The van der Waals surface area contributed by atoms with E-state index in [0.29, 0.717) is 0 Å². The van der Waals surface area contributed by atoms with Crippen molar-refractivity contribution < 1.29 is 0 Å². The number of nitriles is 1. The second kappa shape index (κ2) is 11.6. The maximum Gasteiger partial charge on any atom is 0.0627 e. The Morgan fingerprint density at radius 3 is 1.67 bits per heavy atom. The smallest absolute Gasteiger partial charge is 0.0627 e. The standard InChI is InChI=1S/C17H33N/c1-4-6-8-10-12-14-17(3,15-16-18)13-11-9-7-5-2/h4-15H2,1-3H3. The van der Waals surface area contributed by atoms with Crippen molar-refractivity contribution in [2.75, 3.05) is 0 Å². The molecule has 1 atom stereocenters. The van der Waals surface area contributed by atoms with E-state index in [1.54, 1.807) is 0 Å². The molecule has 106 valence electrons. The van der Waals surface area contributed by atoms with E-state index in [-0.39, 0.29) is 5.41 Å². The van der Waals surface area contributed by atoms with Gasteiger partial charge in [0, 0.05) is 6.42 Å². The molecule has 0 saturated heterocycles. The van der Waals surface area contributed by atoms with Crippen LogP contribution in [0, 0.1) is 16.7 Å². The molecule has 1 nitrogen and oxygen atoms in total. The Hall–Kier alpha value is -0.510. The van der Waals surface area contributed by atoms with Crippen LogP contribution in [0.3, 0.4) is 0 Å². The molecule has 0 saturated carbocycles. The lowest BCUT2D eigenvalue weighted by Crippen LogP contribution is -2.15. The summed E-state index contributed by atoms with van der Waals surface area (Å²) >= 11 is 0. The van der Waals surface area contributed by atoms with E-state index in [4.69, 9.17) is 5.26 Å². The van der Waals surface area contributed by atoms with Gasteiger partial charge in [0.2, 0.25) is 0 Å². The van der Waals surface area contributed by atoms with Gasteiger partial charge in [-0.1, -0.05) is 78.6 Å². The van der Waals surface area contributed by atoms with Gasteiger partial charge in [-0.2, -0.15) is 5.26 Å². The summed E-state index contributed by atoms with van der Waals surface area (Å²) in [6.07, 6.45) is 15.2. The normalized spacial score (nSPS) is 14.1. The molecule has 1 unspecified atom stereocenters. The molecular weight excluding hydrogens is 218 g/mol. The van der Waals surface area contributed by atoms with Crippen molar-refractivity contribution in [1.82, 2.24) is 0 Å². The van der Waals surface area contributed by atoms with Gasteiger partial charge in [-0.15, -0.1) is 0 Å². The summed E-state index contributed by atoms with van der Waals surface area (Å²) in [5.74, 6) is 0. The molecule has 0 rings (SSSR count). The zero-order valence-corrected chi connectivity index (χ0v) is 12.9. The molecule has 18 heavy (non-hydrogen) atoms. The summed E-state index contributed by atoms with van der Waals surface area (Å²) < 4.78 is 0. The molecule has 0 bridgehead atoms. The van der Waals surface area contributed by atoms with Crippen molar-refractivity contribution in [3.05, 3.63) is 0 Å². The van der Waals surface area contributed by atoms with Gasteiger partial charge in [0.1, 0.15) is 0 Å². The van der Waals surface area contributed by atoms with Crippen LogP contribution < -0.4 is 0 Å². The summed E-state index contributed by atoms with van der Waals surface area (Å²) in [5.41, 5.74) is 0.286. The average Bonchev–Trinajstić information content (AvgIpc) is 2.35. The zero-order chi connectivity index (χ0) is 13.7. The third kappa shape index (κ3) is 9.51. The molecule has 0 radical (unpaired) electrons. The van der Waals surface area contributed by atoms with Gasteiger partial charge in [0.25, 0.3) is 0 Å². The fraction of sp³-hybridized carbons (Fsp3) is 0.941. The first-order valence-corrected chi connectivity index (χ1v) is 8.05. The van der Waals surface area contributed by atoms with Crippen molar-refractivity contribution in [1.29, 1.82) is 5.26 Å². The molecule has 1 heteroatoms. The van der Waals surface area contributed by atoms with Crippen molar-refractivity contribution in [2.45, 2.75) is 97.8 Å². The number of unbranched alkanes of at least 4 members (excludes halogenated alkanes) is 7. The number of hydrogen-bond donors (Lipinski definition) is 0. The van der Waals surface area contributed by atoms with E-state index in [1.165, 1.54) is 70.6 Å². The van der Waals surface area contributed by atoms with Crippen LogP contribution in [0.2, 0.25) is 0 Å². The topological polar surface area (TPSA) is 23.8 Å². The van der Waals surface area contributed by atoms with E-state index in [2.05, 4.69) is 26.8 Å². The summed E-state index contributed by atoms with van der Waals surface area (Å²) in [6, 6.07) is 2.40. The lowest BCUT2D eigenvalue weighted by atomic mass is 9.77. The maximum absolute atomic E-state index is 9.00. The molecular formula is C17H33N. The minimum Gasteiger partial charge on any atom is -0.198 e. The summed E-state index contributed by atoms with van der Waals surface area (Å²) in [7, 11) is 0. The van der Waals surface area contributed by atoms with Gasteiger partial charge in [-0.05, 0) is 18.3 Å².